The van der Waals surface area contributed by atoms with Gasteiger partial charge in [0.1, 0.15) is 6.33 Å². The second kappa shape index (κ2) is 7.05. The maximum Gasteiger partial charge on any atom is 0.219 e. The summed E-state index contributed by atoms with van der Waals surface area (Å²) in [7, 11) is 0. The molecule has 0 amide bonds. The summed E-state index contributed by atoms with van der Waals surface area (Å²) in [5.74, 6) is 2.65. The first kappa shape index (κ1) is 16.4. The van der Waals surface area contributed by atoms with Gasteiger partial charge in [-0.25, -0.2) is 14.6 Å². The van der Waals surface area contributed by atoms with Crippen molar-refractivity contribution in [3.8, 4) is 22.4 Å². The van der Waals surface area contributed by atoms with E-state index in [0.29, 0.717) is 17.6 Å². The molecular formula is C17H22N6OS. The average Bonchev–Trinajstić information content (AvgIpc) is 3.40. The summed E-state index contributed by atoms with van der Waals surface area (Å²) in [6.45, 7) is 6.05. The molecule has 1 fully saturated rings. The topological polar surface area (TPSA) is 81.5 Å². The fourth-order valence-corrected chi connectivity index (χ4v) is 4.20. The molecule has 1 atom stereocenters. The Morgan fingerprint density at radius 3 is 2.88 bits per heavy atom. The highest BCUT2D eigenvalue weighted by atomic mass is 32.1. The van der Waals surface area contributed by atoms with Gasteiger partial charge in [0, 0.05) is 18.1 Å². The summed E-state index contributed by atoms with van der Waals surface area (Å²) in [6.07, 6.45) is 4.63. The zero-order valence-corrected chi connectivity index (χ0v) is 15.3. The van der Waals surface area contributed by atoms with E-state index in [0.717, 1.165) is 43.2 Å². The van der Waals surface area contributed by atoms with Crippen LogP contribution in [-0.4, -0.2) is 43.2 Å². The highest BCUT2D eigenvalue weighted by Gasteiger charge is 2.27. The second-order valence-electron chi connectivity index (χ2n) is 6.35. The van der Waals surface area contributed by atoms with Gasteiger partial charge in [0.05, 0.1) is 10.9 Å². The quantitative estimate of drug-likeness (QED) is 0.756. The fraction of sp³-hybridized carbons (Fsp3) is 0.529. The highest BCUT2D eigenvalue weighted by molar-refractivity contribution is 7.15. The molecule has 3 aromatic rings. The molecule has 0 spiro atoms. The maximum absolute atomic E-state index is 5.52. The fourth-order valence-electron chi connectivity index (χ4n) is 3.27. The molecule has 3 aromatic heterocycles. The van der Waals surface area contributed by atoms with E-state index in [1.54, 1.807) is 11.3 Å². The van der Waals surface area contributed by atoms with Gasteiger partial charge >= 0.3 is 0 Å². The lowest BCUT2D eigenvalue weighted by atomic mass is 9.93. The van der Waals surface area contributed by atoms with Gasteiger partial charge in [-0.2, -0.15) is 5.10 Å². The Balaban J connectivity index is 1.74. The van der Waals surface area contributed by atoms with Gasteiger partial charge < -0.3 is 4.74 Å². The number of thiophene rings is 1. The van der Waals surface area contributed by atoms with Crippen LogP contribution < -0.4 is 0 Å². The minimum Gasteiger partial charge on any atom is -0.381 e. The highest BCUT2D eigenvalue weighted by Crippen LogP contribution is 2.34. The van der Waals surface area contributed by atoms with E-state index in [1.165, 1.54) is 11.2 Å². The van der Waals surface area contributed by atoms with E-state index in [4.69, 9.17) is 14.8 Å². The summed E-state index contributed by atoms with van der Waals surface area (Å²) < 4.78 is 7.58. The number of nitrogens with one attached hydrogen (secondary N) is 1. The molecule has 25 heavy (non-hydrogen) atoms. The largest absolute Gasteiger partial charge is 0.381 e. The van der Waals surface area contributed by atoms with E-state index in [1.807, 2.05) is 0 Å². The molecule has 4 heterocycles. The molecule has 1 aliphatic rings. The molecule has 8 heteroatoms. The van der Waals surface area contributed by atoms with Crippen molar-refractivity contribution in [3.05, 3.63) is 23.3 Å². The Morgan fingerprint density at radius 2 is 2.20 bits per heavy atom. The van der Waals surface area contributed by atoms with Gasteiger partial charge in [-0.1, -0.05) is 6.92 Å². The van der Waals surface area contributed by atoms with E-state index in [2.05, 4.69) is 45.8 Å². The van der Waals surface area contributed by atoms with Crippen LogP contribution in [0.1, 0.15) is 37.6 Å². The monoisotopic (exact) mass is 358 g/mol. The van der Waals surface area contributed by atoms with Gasteiger partial charge in [-0.15, -0.1) is 16.4 Å². The standard InChI is InChI=1S/C17H22N6OS/c1-3-13-4-5-14(25-13)17-20-16(15-18-10-19-21-15)22-23(17)11(2)12-6-8-24-9-7-12/h4-5,10-12H,3,6-9H2,1-2H3,(H,18,19,21). The molecule has 4 rings (SSSR count). The predicted molar refractivity (Wildman–Crippen MR) is 96.3 cm³/mol. The smallest absolute Gasteiger partial charge is 0.219 e. The number of nitrogens with zero attached hydrogens (tertiary/aromatic N) is 5. The van der Waals surface area contributed by atoms with E-state index >= 15 is 0 Å². The van der Waals surface area contributed by atoms with Crippen LogP contribution >= 0.6 is 11.3 Å². The molecule has 0 saturated carbocycles. The average molecular weight is 358 g/mol. The zero-order valence-electron chi connectivity index (χ0n) is 14.5. The molecule has 0 aliphatic carbocycles. The van der Waals surface area contributed by atoms with Crippen LogP contribution in [0.2, 0.25) is 0 Å². The van der Waals surface area contributed by atoms with Crippen molar-refractivity contribution in [1.82, 2.24) is 29.9 Å². The first-order valence-corrected chi connectivity index (χ1v) is 9.57. The first-order chi connectivity index (χ1) is 12.3. The SMILES string of the molecule is CCc1ccc(-c2nc(-c3ncn[nH]3)nn2C(C)C2CCOCC2)s1. The van der Waals surface area contributed by atoms with Gasteiger partial charge in [0.2, 0.25) is 5.82 Å². The number of hydrogen-bond donors (Lipinski definition) is 1. The van der Waals surface area contributed by atoms with Crippen LogP contribution in [0.15, 0.2) is 18.5 Å². The Bertz CT molecular complexity index is 818. The molecule has 1 unspecified atom stereocenters. The number of hydrogen-bond acceptors (Lipinski definition) is 6. The van der Waals surface area contributed by atoms with Crippen LogP contribution in [0.25, 0.3) is 22.4 Å². The third kappa shape index (κ3) is 3.23. The Morgan fingerprint density at radius 1 is 1.36 bits per heavy atom. The number of aryl methyl sites for hydroxylation is 1. The summed E-state index contributed by atoms with van der Waals surface area (Å²) in [5, 5.41) is 11.6. The molecule has 0 bridgehead atoms. The zero-order chi connectivity index (χ0) is 17.2. The van der Waals surface area contributed by atoms with Crippen molar-refractivity contribution in [3.63, 3.8) is 0 Å². The summed E-state index contributed by atoms with van der Waals surface area (Å²) in [5.41, 5.74) is 0. The lowest BCUT2D eigenvalue weighted by Crippen LogP contribution is -2.25. The van der Waals surface area contributed by atoms with Gasteiger partial charge in [-0.3, -0.25) is 5.10 Å². The number of ether oxygens (including phenoxy) is 1. The number of aromatic amines is 1. The van der Waals surface area contributed by atoms with Crippen LogP contribution in [0.4, 0.5) is 0 Å². The van der Waals surface area contributed by atoms with E-state index < -0.39 is 0 Å². The molecule has 1 aliphatic heterocycles. The molecule has 1 N–H and O–H groups in total. The molecule has 0 aromatic carbocycles. The molecule has 132 valence electrons. The number of aromatic nitrogens is 6. The Labute approximate surface area is 150 Å². The van der Waals surface area contributed by atoms with Crippen molar-refractivity contribution >= 4 is 11.3 Å². The minimum absolute atomic E-state index is 0.259. The van der Waals surface area contributed by atoms with Crippen molar-refractivity contribution in [1.29, 1.82) is 0 Å². The van der Waals surface area contributed by atoms with Crippen LogP contribution in [0.3, 0.4) is 0 Å². The lowest BCUT2D eigenvalue weighted by molar-refractivity contribution is 0.0498. The number of H-pyrrole nitrogens is 1. The maximum atomic E-state index is 5.52. The van der Waals surface area contributed by atoms with E-state index in [9.17, 15) is 0 Å². The summed E-state index contributed by atoms with van der Waals surface area (Å²) in [6, 6.07) is 4.58. The second-order valence-corrected chi connectivity index (χ2v) is 7.52. The normalized spacial score (nSPS) is 17.0. The van der Waals surface area contributed by atoms with Crippen molar-refractivity contribution < 1.29 is 4.74 Å². The molecule has 7 nitrogen and oxygen atoms in total. The molecule has 0 radical (unpaired) electrons. The van der Waals surface area contributed by atoms with Gasteiger partial charge in [0.15, 0.2) is 11.6 Å². The first-order valence-electron chi connectivity index (χ1n) is 8.75. The van der Waals surface area contributed by atoms with Gasteiger partial charge in [-0.05, 0) is 44.2 Å². The van der Waals surface area contributed by atoms with Crippen LogP contribution in [-0.2, 0) is 11.2 Å². The van der Waals surface area contributed by atoms with Crippen LogP contribution in [0.5, 0.6) is 0 Å². The van der Waals surface area contributed by atoms with E-state index in [-0.39, 0.29) is 6.04 Å². The Hall–Kier alpha value is -2.06. The third-order valence-electron chi connectivity index (χ3n) is 4.82. The van der Waals surface area contributed by atoms with Crippen LogP contribution in [0, 0.1) is 5.92 Å². The van der Waals surface area contributed by atoms with Gasteiger partial charge in [0.25, 0.3) is 0 Å². The molecular weight excluding hydrogens is 336 g/mol. The summed E-state index contributed by atoms with van der Waals surface area (Å²) in [4.78, 5) is 11.5. The lowest BCUT2D eigenvalue weighted by Gasteiger charge is -2.28. The van der Waals surface area contributed by atoms with Crippen molar-refractivity contribution in [2.24, 2.45) is 5.92 Å². The summed E-state index contributed by atoms with van der Waals surface area (Å²) >= 11 is 1.78. The predicted octanol–water partition coefficient (Wildman–Crippen LogP) is 3.34. The van der Waals surface area contributed by atoms with Crippen molar-refractivity contribution in [2.75, 3.05) is 13.2 Å². The number of rotatable bonds is 5. The Kier molecular flexibility index (Phi) is 4.63. The molecule has 1 saturated heterocycles. The van der Waals surface area contributed by atoms with Crippen molar-refractivity contribution in [2.45, 2.75) is 39.2 Å². The minimum atomic E-state index is 0.259. The third-order valence-corrected chi connectivity index (χ3v) is 6.05.